The van der Waals surface area contributed by atoms with Crippen molar-refractivity contribution in [2.75, 3.05) is 7.11 Å². The fourth-order valence-corrected chi connectivity index (χ4v) is 2.25. The molecule has 1 amide bonds. The number of nitrogens with one attached hydrogen (secondary N) is 1. The molecule has 0 aromatic heterocycles. The van der Waals surface area contributed by atoms with E-state index in [0.29, 0.717) is 16.8 Å². The molecule has 1 N–H and O–H groups in total. The lowest BCUT2D eigenvalue weighted by molar-refractivity contribution is -0.385. The monoisotopic (exact) mass is 364 g/mol. The van der Waals surface area contributed by atoms with Crippen LogP contribution >= 0.6 is 15.9 Å². The molecule has 0 fully saturated rings. The van der Waals surface area contributed by atoms with Crippen molar-refractivity contribution in [3.8, 4) is 5.75 Å². The summed E-state index contributed by atoms with van der Waals surface area (Å²) in [6.45, 7) is 0.305. The van der Waals surface area contributed by atoms with E-state index in [9.17, 15) is 14.9 Å². The van der Waals surface area contributed by atoms with E-state index in [1.165, 1.54) is 18.2 Å². The Bertz CT molecular complexity index is 718. The van der Waals surface area contributed by atoms with E-state index >= 15 is 0 Å². The molecule has 114 valence electrons. The number of rotatable bonds is 5. The van der Waals surface area contributed by atoms with E-state index in [2.05, 4.69) is 21.2 Å². The quantitative estimate of drug-likeness (QED) is 0.651. The Balaban J connectivity index is 2.09. The zero-order valence-corrected chi connectivity index (χ0v) is 13.3. The summed E-state index contributed by atoms with van der Waals surface area (Å²) in [5, 5.41) is 13.6. The molecule has 2 aromatic rings. The van der Waals surface area contributed by atoms with Gasteiger partial charge in [-0.25, -0.2) is 0 Å². The topological polar surface area (TPSA) is 81.5 Å². The van der Waals surface area contributed by atoms with Crippen LogP contribution in [0.2, 0.25) is 0 Å². The first-order chi connectivity index (χ1) is 10.5. The number of halogens is 1. The van der Waals surface area contributed by atoms with Gasteiger partial charge in [0, 0.05) is 18.2 Å². The predicted molar refractivity (Wildman–Crippen MR) is 85.0 cm³/mol. The van der Waals surface area contributed by atoms with E-state index in [-0.39, 0.29) is 17.2 Å². The molecule has 7 heteroatoms. The number of amides is 1. The molecule has 0 heterocycles. The van der Waals surface area contributed by atoms with Crippen molar-refractivity contribution >= 4 is 27.5 Å². The van der Waals surface area contributed by atoms with Crippen molar-refractivity contribution < 1.29 is 14.5 Å². The van der Waals surface area contributed by atoms with Gasteiger partial charge in [-0.2, -0.15) is 0 Å². The van der Waals surface area contributed by atoms with Gasteiger partial charge in [0.05, 0.1) is 16.5 Å². The number of methoxy groups -OCH3 is 1. The molecule has 0 bridgehead atoms. The van der Waals surface area contributed by atoms with Crippen LogP contribution in [0.4, 0.5) is 5.69 Å². The van der Waals surface area contributed by atoms with Crippen LogP contribution in [0, 0.1) is 10.1 Å². The van der Waals surface area contributed by atoms with Crippen LogP contribution < -0.4 is 10.1 Å². The van der Waals surface area contributed by atoms with Gasteiger partial charge in [-0.1, -0.05) is 12.1 Å². The van der Waals surface area contributed by atoms with Crippen LogP contribution in [0.3, 0.4) is 0 Å². The first kappa shape index (κ1) is 16.0. The van der Waals surface area contributed by atoms with E-state index in [0.717, 1.165) is 5.56 Å². The fraction of sp³-hybridized carbons (Fsp3) is 0.133. The van der Waals surface area contributed by atoms with Crippen molar-refractivity contribution in [3.63, 3.8) is 0 Å². The molecule has 22 heavy (non-hydrogen) atoms. The average molecular weight is 365 g/mol. The van der Waals surface area contributed by atoms with Crippen molar-refractivity contribution in [2.45, 2.75) is 6.54 Å². The van der Waals surface area contributed by atoms with Crippen molar-refractivity contribution in [1.82, 2.24) is 5.32 Å². The highest BCUT2D eigenvalue weighted by molar-refractivity contribution is 9.10. The number of benzene rings is 2. The summed E-state index contributed by atoms with van der Waals surface area (Å²) in [4.78, 5) is 22.4. The normalized spacial score (nSPS) is 10.1. The van der Waals surface area contributed by atoms with Gasteiger partial charge in [0.15, 0.2) is 0 Å². The second-order valence-electron chi connectivity index (χ2n) is 4.46. The highest BCUT2D eigenvalue weighted by Gasteiger charge is 2.15. The molecular formula is C15H13BrN2O4. The second-order valence-corrected chi connectivity index (χ2v) is 5.31. The Labute approximate surface area is 135 Å². The molecule has 0 spiro atoms. The Kier molecular flexibility index (Phi) is 5.11. The van der Waals surface area contributed by atoms with Crippen LogP contribution in [0.1, 0.15) is 15.9 Å². The summed E-state index contributed by atoms with van der Waals surface area (Å²) < 4.78 is 5.44. The first-order valence-corrected chi connectivity index (χ1v) is 7.15. The molecule has 0 saturated carbocycles. The second kappa shape index (κ2) is 7.04. The number of nitro groups is 1. The summed E-state index contributed by atoms with van der Waals surface area (Å²) >= 11 is 3.08. The average Bonchev–Trinajstić information content (AvgIpc) is 2.53. The van der Waals surface area contributed by atoms with Gasteiger partial charge in [0.1, 0.15) is 5.75 Å². The van der Waals surface area contributed by atoms with Gasteiger partial charge in [-0.05, 0) is 45.8 Å². The van der Waals surface area contributed by atoms with E-state index in [4.69, 9.17) is 4.74 Å². The Hall–Kier alpha value is -2.41. The molecular weight excluding hydrogens is 352 g/mol. The fourth-order valence-electron chi connectivity index (χ4n) is 1.86. The SMILES string of the molecule is COc1cccc(CNC(=O)c2ccc(Br)c([N+](=O)[O-])c2)c1. The third-order valence-corrected chi connectivity index (χ3v) is 3.66. The summed E-state index contributed by atoms with van der Waals surface area (Å²) in [5.74, 6) is 0.324. The van der Waals surface area contributed by atoms with Crippen LogP contribution in [-0.2, 0) is 6.54 Å². The summed E-state index contributed by atoms with van der Waals surface area (Å²) in [7, 11) is 1.57. The smallest absolute Gasteiger partial charge is 0.284 e. The molecule has 0 atom stereocenters. The largest absolute Gasteiger partial charge is 0.497 e. The maximum atomic E-state index is 12.1. The van der Waals surface area contributed by atoms with Crippen molar-refractivity contribution in [3.05, 3.63) is 68.2 Å². The lowest BCUT2D eigenvalue weighted by Crippen LogP contribution is -2.22. The van der Waals surface area contributed by atoms with Gasteiger partial charge >= 0.3 is 0 Å². The third kappa shape index (κ3) is 3.82. The van der Waals surface area contributed by atoms with E-state index in [1.54, 1.807) is 7.11 Å². The number of ether oxygens (including phenoxy) is 1. The Morgan fingerprint density at radius 1 is 1.32 bits per heavy atom. The number of nitrogens with zero attached hydrogens (tertiary/aromatic N) is 1. The Morgan fingerprint density at radius 3 is 2.77 bits per heavy atom. The van der Waals surface area contributed by atoms with Crippen LogP contribution in [-0.4, -0.2) is 17.9 Å². The zero-order valence-electron chi connectivity index (χ0n) is 11.7. The maximum Gasteiger partial charge on any atom is 0.284 e. The molecule has 0 aliphatic heterocycles. The molecule has 0 radical (unpaired) electrons. The van der Waals surface area contributed by atoms with E-state index in [1.807, 2.05) is 24.3 Å². The predicted octanol–water partition coefficient (Wildman–Crippen LogP) is 3.30. The lowest BCUT2D eigenvalue weighted by atomic mass is 10.1. The van der Waals surface area contributed by atoms with Gasteiger partial charge < -0.3 is 10.1 Å². The van der Waals surface area contributed by atoms with Crippen LogP contribution in [0.15, 0.2) is 46.9 Å². The van der Waals surface area contributed by atoms with Crippen LogP contribution in [0.5, 0.6) is 5.75 Å². The lowest BCUT2D eigenvalue weighted by Gasteiger charge is -2.07. The molecule has 0 saturated heterocycles. The minimum atomic E-state index is -0.539. The summed E-state index contributed by atoms with van der Waals surface area (Å²) in [6.07, 6.45) is 0. The number of hydrogen-bond donors (Lipinski definition) is 1. The number of carbonyl (C=O) groups excluding carboxylic acids is 1. The van der Waals surface area contributed by atoms with Crippen molar-refractivity contribution in [1.29, 1.82) is 0 Å². The minimum absolute atomic E-state index is 0.144. The molecule has 0 aliphatic rings. The summed E-state index contributed by atoms with van der Waals surface area (Å²) in [6, 6.07) is 11.5. The highest BCUT2D eigenvalue weighted by atomic mass is 79.9. The maximum absolute atomic E-state index is 12.1. The molecule has 0 aliphatic carbocycles. The number of nitro benzene ring substituents is 1. The standard InChI is InChI=1S/C15H13BrN2O4/c1-22-12-4-2-3-10(7-12)9-17-15(19)11-5-6-13(16)14(8-11)18(20)21/h2-8H,9H2,1H3,(H,17,19). The molecule has 0 unspecified atom stereocenters. The number of hydrogen-bond acceptors (Lipinski definition) is 4. The number of carbonyl (C=O) groups is 1. The van der Waals surface area contributed by atoms with Gasteiger partial charge in [-0.15, -0.1) is 0 Å². The van der Waals surface area contributed by atoms with Crippen LogP contribution in [0.25, 0.3) is 0 Å². The Morgan fingerprint density at radius 2 is 2.09 bits per heavy atom. The van der Waals surface area contributed by atoms with Gasteiger partial charge in [-0.3, -0.25) is 14.9 Å². The van der Waals surface area contributed by atoms with Crippen molar-refractivity contribution in [2.24, 2.45) is 0 Å². The summed E-state index contributed by atoms with van der Waals surface area (Å²) in [5.41, 5.74) is 0.964. The third-order valence-electron chi connectivity index (χ3n) is 2.99. The van der Waals surface area contributed by atoms with Gasteiger partial charge in [0.25, 0.3) is 11.6 Å². The minimum Gasteiger partial charge on any atom is -0.497 e. The molecule has 2 aromatic carbocycles. The van der Waals surface area contributed by atoms with E-state index < -0.39 is 4.92 Å². The highest BCUT2D eigenvalue weighted by Crippen LogP contribution is 2.25. The zero-order chi connectivity index (χ0) is 16.1. The van der Waals surface area contributed by atoms with Gasteiger partial charge in [0.2, 0.25) is 0 Å². The first-order valence-electron chi connectivity index (χ1n) is 6.36. The molecule has 6 nitrogen and oxygen atoms in total. The molecule has 2 rings (SSSR count).